The fourth-order valence-corrected chi connectivity index (χ4v) is 1.39. The third-order valence-corrected chi connectivity index (χ3v) is 2.19. The number of rotatable bonds is 4. The van der Waals surface area contributed by atoms with Crippen LogP contribution < -0.4 is 10.6 Å². The highest BCUT2D eigenvalue weighted by atomic mass is 19.1. The lowest BCUT2D eigenvalue weighted by Gasteiger charge is -2.06. The molecule has 94 valence electrons. The van der Waals surface area contributed by atoms with Gasteiger partial charge in [-0.25, -0.2) is 14.2 Å². The first-order chi connectivity index (χ1) is 8.74. The van der Waals surface area contributed by atoms with Crippen LogP contribution in [0.5, 0.6) is 0 Å². The van der Waals surface area contributed by atoms with Crippen molar-refractivity contribution in [1.82, 2.24) is 20.5 Å². The molecule has 0 atom stereocenters. The number of hydrogen-bond donors (Lipinski definition) is 3. The Balaban J connectivity index is 1.75. The zero-order valence-corrected chi connectivity index (χ0v) is 9.48. The van der Waals surface area contributed by atoms with Crippen molar-refractivity contribution < 1.29 is 9.18 Å². The van der Waals surface area contributed by atoms with Gasteiger partial charge in [0.05, 0.1) is 0 Å². The van der Waals surface area contributed by atoms with E-state index in [0.717, 1.165) is 0 Å². The molecule has 0 saturated heterocycles. The summed E-state index contributed by atoms with van der Waals surface area (Å²) < 4.78 is 12.9. The van der Waals surface area contributed by atoms with Crippen molar-refractivity contribution in [3.05, 3.63) is 42.2 Å². The Hall–Kier alpha value is -2.44. The van der Waals surface area contributed by atoms with Crippen molar-refractivity contribution in [3.63, 3.8) is 0 Å². The van der Waals surface area contributed by atoms with E-state index in [1.807, 2.05) is 0 Å². The van der Waals surface area contributed by atoms with Gasteiger partial charge in [0.15, 0.2) is 0 Å². The van der Waals surface area contributed by atoms with Crippen LogP contribution in [0.15, 0.2) is 30.6 Å². The molecule has 0 fully saturated rings. The molecular formula is C11H12FN5O. The van der Waals surface area contributed by atoms with E-state index in [1.54, 1.807) is 6.07 Å². The Morgan fingerprint density at radius 1 is 1.44 bits per heavy atom. The standard InChI is InChI=1S/C11H12FN5O/c12-8-2-1-3-9(6-8)16-11(18)13-5-4-10-14-7-15-17-10/h1-3,6-7H,4-5H2,(H2,13,16,18)(H,14,15,17). The molecule has 2 amide bonds. The maximum absolute atomic E-state index is 12.9. The molecule has 2 rings (SSSR count). The summed E-state index contributed by atoms with van der Waals surface area (Å²) in [5.41, 5.74) is 0.409. The molecule has 0 aliphatic rings. The van der Waals surface area contributed by atoms with Crippen LogP contribution in [0.25, 0.3) is 0 Å². The minimum Gasteiger partial charge on any atom is -0.337 e. The first kappa shape index (κ1) is 12.0. The van der Waals surface area contributed by atoms with Crippen molar-refractivity contribution in [2.45, 2.75) is 6.42 Å². The van der Waals surface area contributed by atoms with Crippen molar-refractivity contribution in [2.24, 2.45) is 0 Å². The van der Waals surface area contributed by atoms with Gasteiger partial charge >= 0.3 is 6.03 Å². The van der Waals surface area contributed by atoms with Crippen molar-refractivity contribution in [2.75, 3.05) is 11.9 Å². The van der Waals surface area contributed by atoms with Gasteiger partial charge in [-0.2, -0.15) is 5.10 Å². The summed E-state index contributed by atoms with van der Waals surface area (Å²) in [5, 5.41) is 11.5. The second-order valence-electron chi connectivity index (χ2n) is 3.57. The Morgan fingerprint density at radius 2 is 2.33 bits per heavy atom. The quantitative estimate of drug-likeness (QED) is 0.764. The number of aromatic nitrogens is 3. The number of amides is 2. The Bertz CT molecular complexity index is 514. The zero-order chi connectivity index (χ0) is 12.8. The fourth-order valence-electron chi connectivity index (χ4n) is 1.39. The number of nitrogens with zero attached hydrogens (tertiary/aromatic N) is 2. The second kappa shape index (κ2) is 5.76. The molecule has 1 aromatic carbocycles. The van der Waals surface area contributed by atoms with Gasteiger partial charge in [-0.3, -0.25) is 5.10 Å². The topological polar surface area (TPSA) is 82.7 Å². The Morgan fingerprint density at radius 3 is 3.06 bits per heavy atom. The Labute approximate surface area is 103 Å². The van der Waals surface area contributed by atoms with E-state index < -0.39 is 5.82 Å². The van der Waals surface area contributed by atoms with Gasteiger partial charge in [-0.1, -0.05) is 6.07 Å². The summed E-state index contributed by atoms with van der Waals surface area (Å²) in [5.74, 6) is 0.301. The summed E-state index contributed by atoms with van der Waals surface area (Å²) in [7, 11) is 0. The van der Waals surface area contributed by atoms with Crippen molar-refractivity contribution >= 4 is 11.7 Å². The van der Waals surface area contributed by atoms with Crippen LogP contribution in [0.2, 0.25) is 0 Å². The number of benzene rings is 1. The van der Waals surface area contributed by atoms with Crippen LogP contribution in [-0.4, -0.2) is 27.8 Å². The number of urea groups is 1. The van der Waals surface area contributed by atoms with Crippen LogP contribution in [0.3, 0.4) is 0 Å². The molecule has 0 spiro atoms. The van der Waals surface area contributed by atoms with E-state index >= 15 is 0 Å². The van der Waals surface area contributed by atoms with Crippen molar-refractivity contribution in [1.29, 1.82) is 0 Å². The summed E-state index contributed by atoms with van der Waals surface area (Å²) >= 11 is 0. The molecule has 3 N–H and O–H groups in total. The number of halogens is 1. The van der Waals surface area contributed by atoms with Gasteiger partial charge in [-0.15, -0.1) is 0 Å². The molecule has 7 heteroatoms. The smallest absolute Gasteiger partial charge is 0.319 e. The minimum atomic E-state index is -0.394. The molecule has 0 unspecified atom stereocenters. The van der Waals surface area contributed by atoms with Gasteiger partial charge in [0.1, 0.15) is 18.0 Å². The average molecular weight is 249 g/mol. The molecular weight excluding hydrogens is 237 g/mol. The van der Waals surface area contributed by atoms with Crippen LogP contribution in [-0.2, 0) is 6.42 Å². The first-order valence-corrected chi connectivity index (χ1v) is 5.39. The summed E-state index contributed by atoms with van der Waals surface area (Å²) in [6.07, 6.45) is 1.96. The minimum absolute atomic E-state index is 0.389. The number of hydrogen-bond acceptors (Lipinski definition) is 3. The van der Waals surface area contributed by atoms with E-state index in [2.05, 4.69) is 25.8 Å². The number of aromatic amines is 1. The van der Waals surface area contributed by atoms with Crippen LogP contribution in [0.4, 0.5) is 14.9 Å². The van der Waals surface area contributed by atoms with Gasteiger partial charge in [0, 0.05) is 18.7 Å². The highest BCUT2D eigenvalue weighted by molar-refractivity contribution is 5.89. The van der Waals surface area contributed by atoms with Gasteiger partial charge < -0.3 is 10.6 Å². The second-order valence-corrected chi connectivity index (χ2v) is 3.57. The third kappa shape index (κ3) is 3.55. The van der Waals surface area contributed by atoms with Gasteiger partial charge in [0.2, 0.25) is 0 Å². The Kier molecular flexibility index (Phi) is 3.85. The monoisotopic (exact) mass is 249 g/mol. The third-order valence-electron chi connectivity index (χ3n) is 2.19. The average Bonchev–Trinajstić information content (AvgIpc) is 2.82. The van der Waals surface area contributed by atoms with Crippen LogP contribution in [0, 0.1) is 5.82 Å². The molecule has 0 aliphatic heterocycles. The normalized spacial score (nSPS) is 10.1. The van der Waals surface area contributed by atoms with Crippen molar-refractivity contribution in [3.8, 4) is 0 Å². The molecule has 1 aromatic heterocycles. The molecule has 0 aliphatic carbocycles. The molecule has 0 bridgehead atoms. The molecule has 6 nitrogen and oxygen atoms in total. The maximum atomic E-state index is 12.9. The highest BCUT2D eigenvalue weighted by Gasteiger charge is 2.02. The highest BCUT2D eigenvalue weighted by Crippen LogP contribution is 2.08. The van der Waals surface area contributed by atoms with E-state index in [4.69, 9.17) is 0 Å². The maximum Gasteiger partial charge on any atom is 0.319 e. The molecule has 1 heterocycles. The fraction of sp³-hybridized carbons (Fsp3) is 0.182. The van der Waals surface area contributed by atoms with E-state index in [9.17, 15) is 9.18 Å². The molecule has 2 aromatic rings. The predicted octanol–water partition coefficient (Wildman–Crippen LogP) is 1.31. The van der Waals surface area contributed by atoms with E-state index in [-0.39, 0.29) is 6.03 Å². The zero-order valence-electron chi connectivity index (χ0n) is 9.48. The summed E-state index contributed by atoms with van der Waals surface area (Å²) in [6.45, 7) is 0.413. The molecule has 18 heavy (non-hydrogen) atoms. The van der Waals surface area contributed by atoms with E-state index in [0.29, 0.717) is 24.5 Å². The van der Waals surface area contributed by atoms with Crippen LogP contribution >= 0.6 is 0 Å². The largest absolute Gasteiger partial charge is 0.337 e. The lowest BCUT2D eigenvalue weighted by atomic mass is 10.3. The number of carbonyl (C=O) groups excluding carboxylic acids is 1. The van der Waals surface area contributed by atoms with Crippen LogP contribution in [0.1, 0.15) is 5.82 Å². The SMILES string of the molecule is O=C(NCCc1ncn[nH]1)Nc1cccc(F)c1. The number of H-pyrrole nitrogens is 1. The lowest BCUT2D eigenvalue weighted by Crippen LogP contribution is -2.30. The molecule has 0 saturated carbocycles. The first-order valence-electron chi connectivity index (χ1n) is 5.39. The van der Waals surface area contributed by atoms with Gasteiger partial charge in [-0.05, 0) is 18.2 Å². The van der Waals surface area contributed by atoms with Gasteiger partial charge in [0.25, 0.3) is 0 Å². The lowest BCUT2D eigenvalue weighted by molar-refractivity contribution is 0.252. The summed E-state index contributed by atoms with van der Waals surface area (Å²) in [6, 6.07) is 5.31. The van der Waals surface area contributed by atoms with E-state index in [1.165, 1.54) is 24.5 Å². The molecule has 0 radical (unpaired) electrons. The number of anilines is 1. The predicted molar refractivity (Wildman–Crippen MR) is 63.5 cm³/mol. The summed E-state index contributed by atoms with van der Waals surface area (Å²) in [4.78, 5) is 15.4. The number of carbonyl (C=O) groups is 1. The number of nitrogens with one attached hydrogen (secondary N) is 3.